The molecule has 2 aromatic rings. The highest BCUT2D eigenvalue weighted by atomic mass is 35.5. The lowest BCUT2D eigenvalue weighted by atomic mass is 10.1. The van der Waals surface area contributed by atoms with Gasteiger partial charge in [-0.2, -0.15) is 0 Å². The molecule has 0 fully saturated rings. The van der Waals surface area contributed by atoms with E-state index in [1.165, 1.54) is 11.0 Å². The maximum Gasteiger partial charge on any atom is 0.242 e. The lowest BCUT2D eigenvalue weighted by Gasteiger charge is -2.30. The minimum Gasteiger partial charge on any atom is -0.352 e. The first kappa shape index (κ1) is 21.9. The van der Waals surface area contributed by atoms with E-state index in [0.717, 1.165) is 12.0 Å². The molecule has 150 valence electrons. The van der Waals surface area contributed by atoms with Crippen LogP contribution in [0.15, 0.2) is 48.5 Å². The quantitative estimate of drug-likeness (QED) is 0.710. The fourth-order valence-electron chi connectivity index (χ4n) is 2.76. The molecule has 0 aromatic heterocycles. The lowest BCUT2D eigenvalue weighted by Crippen LogP contribution is -2.50. The molecule has 1 N–H and O–H groups in total. The average Bonchev–Trinajstić information content (AvgIpc) is 2.68. The van der Waals surface area contributed by atoms with Crippen LogP contribution in [-0.2, 0) is 22.6 Å². The predicted octanol–water partition coefficient (Wildman–Crippen LogP) is 4.35. The van der Waals surface area contributed by atoms with Gasteiger partial charge in [0.1, 0.15) is 11.9 Å². The van der Waals surface area contributed by atoms with Crippen LogP contribution >= 0.6 is 11.6 Å². The number of halogens is 2. The number of hydrogen-bond acceptors (Lipinski definition) is 2. The highest BCUT2D eigenvalue weighted by molar-refractivity contribution is 6.31. The van der Waals surface area contributed by atoms with Crippen LogP contribution in [0.25, 0.3) is 0 Å². The molecule has 28 heavy (non-hydrogen) atoms. The Morgan fingerprint density at radius 3 is 2.29 bits per heavy atom. The van der Waals surface area contributed by atoms with Gasteiger partial charge in [-0.3, -0.25) is 9.59 Å². The SMILES string of the molecule is CCC(C)NC(=O)C(C)N(Cc1ccccc1Cl)C(=O)Cc1ccccc1F. The number of nitrogens with zero attached hydrogens (tertiary/aromatic N) is 1. The molecule has 2 amide bonds. The van der Waals surface area contributed by atoms with Crippen LogP contribution in [0, 0.1) is 5.82 Å². The van der Waals surface area contributed by atoms with Gasteiger partial charge in [0.15, 0.2) is 0 Å². The Balaban J connectivity index is 2.26. The molecule has 0 aliphatic rings. The van der Waals surface area contributed by atoms with Gasteiger partial charge in [0, 0.05) is 17.6 Å². The van der Waals surface area contributed by atoms with Gasteiger partial charge >= 0.3 is 0 Å². The summed E-state index contributed by atoms with van der Waals surface area (Å²) in [5.74, 6) is -1.02. The van der Waals surface area contributed by atoms with Crippen molar-refractivity contribution < 1.29 is 14.0 Å². The normalized spacial score (nSPS) is 12.9. The topological polar surface area (TPSA) is 49.4 Å². The Kier molecular flexibility index (Phi) is 8.00. The van der Waals surface area contributed by atoms with Crippen LogP contribution in [0.4, 0.5) is 4.39 Å². The number of carbonyl (C=O) groups excluding carboxylic acids is 2. The molecular weight excluding hydrogens is 379 g/mol. The molecule has 6 heteroatoms. The van der Waals surface area contributed by atoms with Gasteiger partial charge in [-0.05, 0) is 43.5 Å². The lowest BCUT2D eigenvalue weighted by molar-refractivity contribution is -0.140. The summed E-state index contributed by atoms with van der Waals surface area (Å²) in [7, 11) is 0. The maximum absolute atomic E-state index is 14.0. The Bertz CT molecular complexity index is 828. The number of benzene rings is 2. The van der Waals surface area contributed by atoms with Crippen LogP contribution < -0.4 is 5.32 Å². The zero-order chi connectivity index (χ0) is 20.7. The first-order chi connectivity index (χ1) is 13.3. The first-order valence-corrected chi connectivity index (χ1v) is 9.77. The molecule has 2 unspecified atom stereocenters. The maximum atomic E-state index is 14.0. The molecular formula is C22H26ClFN2O2. The van der Waals surface area contributed by atoms with Crippen LogP contribution in [-0.4, -0.2) is 28.8 Å². The molecule has 0 saturated heterocycles. The highest BCUT2D eigenvalue weighted by Crippen LogP contribution is 2.20. The Morgan fingerprint density at radius 1 is 1.07 bits per heavy atom. The molecule has 0 heterocycles. The van der Waals surface area contributed by atoms with E-state index in [0.29, 0.717) is 10.6 Å². The van der Waals surface area contributed by atoms with Gasteiger partial charge in [0.25, 0.3) is 0 Å². The molecule has 0 bridgehead atoms. The number of amides is 2. The summed E-state index contributed by atoms with van der Waals surface area (Å²) in [6.45, 7) is 5.72. The van der Waals surface area contributed by atoms with E-state index in [4.69, 9.17) is 11.6 Å². The van der Waals surface area contributed by atoms with Crippen molar-refractivity contribution in [3.63, 3.8) is 0 Å². The van der Waals surface area contributed by atoms with Gasteiger partial charge in [0.2, 0.25) is 11.8 Å². The molecule has 2 aromatic carbocycles. The number of hydrogen-bond donors (Lipinski definition) is 1. The third kappa shape index (κ3) is 5.80. The van der Waals surface area contributed by atoms with Crippen molar-refractivity contribution >= 4 is 23.4 Å². The number of nitrogens with one attached hydrogen (secondary N) is 1. The Morgan fingerprint density at radius 2 is 1.68 bits per heavy atom. The monoisotopic (exact) mass is 404 g/mol. The molecule has 2 atom stereocenters. The molecule has 4 nitrogen and oxygen atoms in total. The zero-order valence-electron chi connectivity index (χ0n) is 16.4. The minimum atomic E-state index is -0.718. The van der Waals surface area contributed by atoms with Crippen molar-refractivity contribution in [2.75, 3.05) is 0 Å². The number of carbonyl (C=O) groups is 2. The van der Waals surface area contributed by atoms with E-state index in [9.17, 15) is 14.0 Å². The van der Waals surface area contributed by atoms with Crippen molar-refractivity contribution in [1.82, 2.24) is 10.2 Å². The van der Waals surface area contributed by atoms with Crippen molar-refractivity contribution in [1.29, 1.82) is 0 Å². The summed E-state index contributed by atoms with van der Waals surface area (Å²) in [5.41, 5.74) is 1.03. The van der Waals surface area contributed by atoms with Gasteiger partial charge in [-0.1, -0.05) is 54.9 Å². The van der Waals surface area contributed by atoms with E-state index in [1.807, 2.05) is 26.0 Å². The molecule has 0 radical (unpaired) electrons. The predicted molar refractivity (Wildman–Crippen MR) is 109 cm³/mol. The van der Waals surface area contributed by atoms with Crippen molar-refractivity contribution in [2.45, 2.75) is 52.2 Å². The summed E-state index contributed by atoms with van der Waals surface area (Å²) < 4.78 is 14.0. The molecule has 0 aliphatic carbocycles. The highest BCUT2D eigenvalue weighted by Gasteiger charge is 2.27. The van der Waals surface area contributed by atoms with E-state index < -0.39 is 11.9 Å². The zero-order valence-corrected chi connectivity index (χ0v) is 17.2. The summed E-state index contributed by atoms with van der Waals surface area (Å²) in [6, 6.07) is 12.6. The van der Waals surface area contributed by atoms with Crippen LogP contribution in [0.1, 0.15) is 38.3 Å². The summed E-state index contributed by atoms with van der Waals surface area (Å²) in [6.07, 6.45) is 0.657. The fourth-order valence-corrected chi connectivity index (χ4v) is 2.96. The largest absolute Gasteiger partial charge is 0.352 e. The van der Waals surface area contributed by atoms with Crippen molar-refractivity contribution in [2.24, 2.45) is 0 Å². The Hall–Kier alpha value is -2.40. The van der Waals surface area contributed by atoms with Gasteiger partial charge in [0.05, 0.1) is 6.42 Å². The van der Waals surface area contributed by atoms with E-state index in [2.05, 4.69) is 5.32 Å². The number of rotatable bonds is 8. The second-order valence-corrected chi connectivity index (χ2v) is 7.28. The first-order valence-electron chi connectivity index (χ1n) is 9.40. The van der Waals surface area contributed by atoms with E-state index in [1.54, 1.807) is 37.3 Å². The van der Waals surface area contributed by atoms with Crippen LogP contribution in [0.5, 0.6) is 0 Å². The second-order valence-electron chi connectivity index (χ2n) is 6.88. The van der Waals surface area contributed by atoms with Crippen LogP contribution in [0.2, 0.25) is 5.02 Å². The molecule has 0 aliphatic heterocycles. The summed E-state index contributed by atoms with van der Waals surface area (Å²) >= 11 is 6.25. The standard InChI is InChI=1S/C22H26ClFN2O2/c1-4-15(2)25-22(28)16(3)26(14-18-10-5-7-11-19(18)23)21(27)13-17-9-6-8-12-20(17)24/h5-12,15-16H,4,13-14H2,1-3H3,(H,25,28). The smallest absolute Gasteiger partial charge is 0.242 e. The summed E-state index contributed by atoms with van der Waals surface area (Å²) in [4.78, 5) is 27.1. The minimum absolute atomic E-state index is 0.00113. The second kappa shape index (κ2) is 10.2. The van der Waals surface area contributed by atoms with Crippen molar-refractivity contribution in [3.05, 3.63) is 70.5 Å². The Labute approximate surface area is 170 Å². The fraction of sp³-hybridized carbons (Fsp3) is 0.364. The van der Waals surface area contributed by atoms with Gasteiger partial charge in [-0.15, -0.1) is 0 Å². The van der Waals surface area contributed by atoms with E-state index in [-0.39, 0.29) is 30.8 Å². The summed E-state index contributed by atoms with van der Waals surface area (Å²) in [5, 5.41) is 3.41. The van der Waals surface area contributed by atoms with Gasteiger partial charge < -0.3 is 10.2 Å². The van der Waals surface area contributed by atoms with Crippen LogP contribution in [0.3, 0.4) is 0 Å². The van der Waals surface area contributed by atoms with Crippen molar-refractivity contribution in [3.8, 4) is 0 Å². The molecule has 0 spiro atoms. The van der Waals surface area contributed by atoms with E-state index >= 15 is 0 Å². The third-order valence-electron chi connectivity index (χ3n) is 4.77. The molecule has 0 saturated carbocycles. The molecule has 2 rings (SSSR count). The third-order valence-corrected chi connectivity index (χ3v) is 5.14. The van der Waals surface area contributed by atoms with Gasteiger partial charge in [-0.25, -0.2) is 4.39 Å². The average molecular weight is 405 g/mol.